The molecule has 0 saturated heterocycles. The third-order valence-electron chi connectivity index (χ3n) is 2.26. The zero-order valence-electron chi connectivity index (χ0n) is 9.60. The Morgan fingerprint density at radius 2 is 2.12 bits per heavy atom. The van der Waals surface area contributed by atoms with Crippen LogP contribution in [0.15, 0.2) is 12.3 Å². The van der Waals surface area contributed by atoms with Crippen LogP contribution in [0.1, 0.15) is 25.0 Å². The van der Waals surface area contributed by atoms with Crippen molar-refractivity contribution >= 4 is 11.8 Å². The van der Waals surface area contributed by atoms with E-state index in [0.29, 0.717) is 12.8 Å². The molecular formula is C11H16N2O3. The molecule has 0 unspecified atom stereocenters. The van der Waals surface area contributed by atoms with Gasteiger partial charge in [-0.05, 0) is 12.5 Å². The summed E-state index contributed by atoms with van der Waals surface area (Å²) in [7, 11) is 3.16. The van der Waals surface area contributed by atoms with Gasteiger partial charge < -0.3 is 4.74 Å². The largest absolute Gasteiger partial charge is 0.469 e. The van der Waals surface area contributed by atoms with Gasteiger partial charge in [0.25, 0.3) is 0 Å². The lowest BCUT2D eigenvalue weighted by molar-refractivity contribution is -0.141. The van der Waals surface area contributed by atoms with Crippen LogP contribution in [-0.2, 0) is 27.8 Å². The van der Waals surface area contributed by atoms with Crippen LogP contribution in [0.25, 0.3) is 0 Å². The highest BCUT2D eigenvalue weighted by atomic mass is 16.5. The number of nitrogens with zero attached hydrogens (tertiary/aromatic N) is 2. The molecule has 16 heavy (non-hydrogen) atoms. The van der Waals surface area contributed by atoms with E-state index in [4.69, 9.17) is 0 Å². The molecule has 5 heteroatoms. The van der Waals surface area contributed by atoms with E-state index >= 15 is 0 Å². The average molecular weight is 224 g/mol. The third-order valence-corrected chi connectivity index (χ3v) is 2.26. The van der Waals surface area contributed by atoms with Crippen molar-refractivity contribution in [2.75, 3.05) is 7.11 Å². The lowest BCUT2D eigenvalue weighted by Crippen LogP contribution is -2.06. The van der Waals surface area contributed by atoms with Crippen molar-refractivity contribution in [1.82, 2.24) is 9.78 Å². The number of hydrogen-bond acceptors (Lipinski definition) is 4. The molecule has 0 N–H and O–H groups in total. The third kappa shape index (κ3) is 4.25. The number of hydrogen-bond donors (Lipinski definition) is 0. The SMILES string of the molecule is COC(=O)CCC(=O)CCc1ccn(C)n1. The van der Waals surface area contributed by atoms with Gasteiger partial charge in [-0.1, -0.05) is 0 Å². The van der Waals surface area contributed by atoms with Crippen LogP contribution in [0, 0.1) is 0 Å². The monoisotopic (exact) mass is 224 g/mol. The molecule has 1 aromatic heterocycles. The number of esters is 1. The van der Waals surface area contributed by atoms with Crippen LogP contribution in [0.3, 0.4) is 0 Å². The zero-order valence-corrected chi connectivity index (χ0v) is 9.60. The van der Waals surface area contributed by atoms with Crippen LogP contribution in [0.5, 0.6) is 0 Å². The molecule has 0 spiro atoms. The topological polar surface area (TPSA) is 61.2 Å². The molecule has 0 atom stereocenters. The summed E-state index contributed by atoms with van der Waals surface area (Å²) in [5, 5.41) is 4.17. The van der Waals surface area contributed by atoms with Crippen molar-refractivity contribution < 1.29 is 14.3 Å². The summed E-state index contributed by atoms with van der Waals surface area (Å²) < 4.78 is 6.16. The molecule has 0 saturated carbocycles. The first-order chi connectivity index (χ1) is 7.61. The second-order valence-corrected chi connectivity index (χ2v) is 3.60. The summed E-state index contributed by atoms with van der Waals surface area (Å²) in [5.74, 6) is -0.276. The number of ketones is 1. The molecule has 0 aliphatic rings. The first-order valence-corrected chi connectivity index (χ1v) is 5.19. The van der Waals surface area contributed by atoms with Gasteiger partial charge in [-0.15, -0.1) is 0 Å². The summed E-state index contributed by atoms with van der Waals surface area (Å²) in [4.78, 5) is 22.2. The molecule has 0 fully saturated rings. The normalized spacial score (nSPS) is 10.1. The first kappa shape index (κ1) is 12.4. The van der Waals surface area contributed by atoms with Crippen molar-refractivity contribution in [3.63, 3.8) is 0 Å². The molecule has 1 heterocycles. The summed E-state index contributed by atoms with van der Waals surface area (Å²) in [6, 6.07) is 1.88. The molecule has 0 aromatic carbocycles. The van der Waals surface area contributed by atoms with Gasteiger partial charge in [0.15, 0.2) is 0 Å². The fraction of sp³-hybridized carbons (Fsp3) is 0.545. The van der Waals surface area contributed by atoms with E-state index in [1.165, 1.54) is 7.11 Å². The highest BCUT2D eigenvalue weighted by Gasteiger charge is 2.07. The van der Waals surface area contributed by atoms with E-state index < -0.39 is 0 Å². The summed E-state index contributed by atoms with van der Waals surface area (Å²) >= 11 is 0. The maximum absolute atomic E-state index is 11.4. The van der Waals surface area contributed by atoms with E-state index in [2.05, 4.69) is 9.84 Å². The van der Waals surface area contributed by atoms with Gasteiger partial charge >= 0.3 is 5.97 Å². The van der Waals surface area contributed by atoms with Gasteiger partial charge in [-0.3, -0.25) is 14.3 Å². The van der Waals surface area contributed by atoms with Crippen molar-refractivity contribution in [3.05, 3.63) is 18.0 Å². The number of methoxy groups -OCH3 is 1. The van der Waals surface area contributed by atoms with Gasteiger partial charge in [0.1, 0.15) is 5.78 Å². The predicted octanol–water partition coefficient (Wildman–Crippen LogP) is 0.875. The highest BCUT2D eigenvalue weighted by Crippen LogP contribution is 2.03. The van der Waals surface area contributed by atoms with Gasteiger partial charge in [0, 0.05) is 26.1 Å². The molecule has 0 aliphatic carbocycles. The Bertz CT molecular complexity index is 371. The van der Waals surface area contributed by atoms with E-state index in [1.54, 1.807) is 4.68 Å². The molecule has 0 bridgehead atoms. The van der Waals surface area contributed by atoms with Gasteiger partial charge in [-0.2, -0.15) is 5.10 Å². The smallest absolute Gasteiger partial charge is 0.305 e. The number of rotatable bonds is 6. The standard InChI is InChI=1S/C11H16N2O3/c1-13-8-7-9(12-13)3-4-10(14)5-6-11(15)16-2/h7-8H,3-6H2,1-2H3. The van der Waals surface area contributed by atoms with Crippen LogP contribution < -0.4 is 0 Å². The fourth-order valence-electron chi connectivity index (χ4n) is 1.33. The van der Waals surface area contributed by atoms with Gasteiger partial charge in [0.2, 0.25) is 0 Å². The molecular weight excluding hydrogens is 208 g/mol. The van der Waals surface area contributed by atoms with Gasteiger partial charge in [0.05, 0.1) is 19.2 Å². The Balaban J connectivity index is 2.22. The molecule has 5 nitrogen and oxygen atoms in total. The second kappa shape index (κ2) is 6.05. The Morgan fingerprint density at radius 1 is 1.38 bits per heavy atom. The number of ether oxygens (including phenoxy) is 1. The Kier molecular flexibility index (Phi) is 4.69. The molecule has 1 aromatic rings. The summed E-state index contributed by atoms with van der Waals surface area (Å²) in [6.07, 6.45) is 3.31. The lowest BCUT2D eigenvalue weighted by Gasteiger charge is -1.99. The zero-order chi connectivity index (χ0) is 12.0. The molecule has 1 rings (SSSR count). The number of Topliss-reactive ketones (excluding diaryl/α,β-unsaturated/α-hetero) is 1. The maximum Gasteiger partial charge on any atom is 0.305 e. The molecule has 0 aliphatic heterocycles. The van der Waals surface area contributed by atoms with Gasteiger partial charge in [-0.25, -0.2) is 0 Å². The van der Waals surface area contributed by atoms with Crippen molar-refractivity contribution in [2.24, 2.45) is 7.05 Å². The van der Waals surface area contributed by atoms with Crippen LogP contribution in [0.2, 0.25) is 0 Å². The number of carbonyl (C=O) groups excluding carboxylic acids is 2. The van der Waals surface area contributed by atoms with E-state index in [-0.39, 0.29) is 24.6 Å². The predicted molar refractivity (Wildman–Crippen MR) is 57.8 cm³/mol. The fourth-order valence-corrected chi connectivity index (χ4v) is 1.33. The second-order valence-electron chi connectivity index (χ2n) is 3.60. The van der Waals surface area contributed by atoms with E-state index in [9.17, 15) is 9.59 Å². The van der Waals surface area contributed by atoms with Crippen LogP contribution >= 0.6 is 0 Å². The van der Waals surface area contributed by atoms with E-state index in [1.807, 2.05) is 19.3 Å². The number of aryl methyl sites for hydroxylation is 2. The highest BCUT2D eigenvalue weighted by molar-refractivity contribution is 5.82. The quantitative estimate of drug-likeness (QED) is 0.673. The summed E-state index contributed by atoms with van der Waals surface area (Å²) in [5.41, 5.74) is 0.897. The maximum atomic E-state index is 11.4. The minimum Gasteiger partial charge on any atom is -0.469 e. The van der Waals surface area contributed by atoms with Crippen LogP contribution in [0.4, 0.5) is 0 Å². The molecule has 0 amide bonds. The first-order valence-electron chi connectivity index (χ1n) is 5.19. The van der Waals surface area contributed by atoms with Crippen molar-refractivity contribution in [1.29, 1.82) is 0 Å². The number of carbonyl (C=O) groups is 2. The van der Waals surface area contributed by atoms with Crippen LogP contribution in [-0.4, -0.2) is 28.6 Å². The Hall–Kier alpha value is -1.65. The van der Waals surface area contributed by atoms with E-state index in [0.717, 1.165) is 5.69 Å². The van der Waals surface area contributed by atoms with Crippen molar-refractivity contribution in [2.45, 2.75) is 25.7 Å². The molecule has 0 radical (unpaired) electrons. The minimum absolute atomic E-state index is 0.0658. The number of aromatic nitrogens is 2. The lowest BCUT2D eigenvalue weighted by atomic mass is 10.1. The average Bonchev–Trinajstić information content (AvgIpc) is 2.69. The minimum atomic E-state index is -0.341. The van der Waals surface area contributed by atoms with Crippen molar-refractivity contribution in [3.8, 4) is 0 Å². The molecule has 88 valence electrons. The Labute approximate surface area is 94.4 Å². The summed E-state index contributed by atoms with van der Waals surface area (Å²) in [6.45, 7) is 0. The Morgan fingerprint density at radius 3 is 2.69 bits per heavy atom.